The number of aryl methyl sites for hydroxylation is 1. The van der Waals surface area contributed by atoms with Crippen LogP contribution in [0.4, 0.5) is 10.1 Å². The number of hydrogen-bond acceptors (Lipinski definition) is 3. The van der Waals surface area contributed by atoms with Gasteiger partial charge in [0.2, 0.25) is 0 Å². The van der Waals surface area contributed by atoms with E-state index in [0.29, 0.717) is 17.8 Å². The van der Waals surface area contributed by atoms with Crippen LogP contribution in [0.15, 0.2) is 72.8 Å². The number of likely N-dealkylation sites (tertiary alicyclic amines) is 1. The minimum atomic E-state index is -0.584. The molecule has 1 saturated heterocycles. The summed E-state index contributed by atoms with van der Waals surface area (Å²) in [7, 11) is 0. The summed E-state index contributed by atoms with van der Waals surface area (Å²) in [6.45, 7) is 4.29. The van der Waals surface area contributed by atoms with Crippen LogP contribution in [-0.4, -0.2) is 35.8 Å². The SMILES string of the molecule is Cc1ccc(C(=O)NCC2CCCCN2Cc2ccccc2)cc1NC(=O)c1ccccc1F. The highest BCUT2D eigenvalue weighted by Crippen LogP contribution is 2.21. The van der Waals surface area contributed by atoms with Gasteiger partial charge < -0.3 is 10.6 Å². The molecule has 0 bridgehead atoms. The van der Waals surface area contributed by atoms with E-state index in [9.17, 15) is 14.0 Å². The molecule has 1 unspecified atom stereocenters. The lowest BCUT2D eigenvalue weighted by Gasteiger charge is -2.36. The van der Waals surface area contributed by atoms with E-state index in [1.165, 1.54) is 30.2 Å². The molecular weight excluding hydrogens is 429 g/mol. The van der Waals surface area contributed by atoms with Gasteiger partial charge in [-0.3, -0.25) is 14.5 Å². The fourth-order valence-electron chi connectivity index (χ4n) is 4.36. The summed E-state index contributed by atoms with van der Waals surface area (Å²) < 4.78 is 14.0. The van der Waals surface area contributed by atoms with Crippen LogP contribution < -0.4 is 10.6 Å². The number of amides is 2. The van der Waals surface area contributed by atoms with Gasteiger partial charge >= 0.3 is 0 Å². The highest BCUT2D eigenvalue weighted by Gasteiger charge is 2.23. The van der Waals surface area contributed by atoms with Gasteiger partial charge in [0.25, 0.3) is 11.8 Å². The molecule has 1 aliphatic rings. The van der Waals surface area contributed by atoms with Crippen LogP contribution in [0.2, 0.25) is 0 Å². The predicted molar refractivity (Wildman–Crippen MR) is 132 cm³/mol. The molecule has 5 nitrogen and oxygen atoms in total. The summed E-state index contributed by atoms with van der Waals surface area (Å²) in [5.41, 5.74) is 2.98. The molecule has 3 aromatic rings. The maximum atomic E-state index is 14.0. The Morgan fingerprint density at radius 2 is 1.74 bits per heavy atom. The summed E-state index contributed by atoms with van der Waals surface area (Å²) >= 11 is 0. The summed E-state index contributed by atoms with van der Waals surface area (Å²) in [4.78, 5) is 27.9. The number of benzene rings is 3. The average molecular weight is 460 g/mol. The molecule has 1 fully saturated rings. The van der Waals surface area contributed by atoms with Gasteiger partial charge in [0.15, 0.2) is 0 Å². The van der Waals surface area contributed by atoms with Crippen molar-refractivity contribution in [2.24, 2.45) is 0 Å². The molecule has 2 N–H and O–H groups in total. The zero-order chi connectivity index (χ0) is 23.9. The first-order valence-electron chi connectivity index (χ1n) is 11.7. The minimum Gasteiger partial charge on any atom is -0.350 e. The molecule has 176 valence electrons. The van der Waals surface area contributed by atoms with Crippen molar-refractivity contribution in [3.63, 3.8) is 0 Å². The third-order valence-electron chi connectivity index (χ3n) is 6.34. The predicted octanol–water partition coefficient (Wildman–Crippen LogP) is 5.17. The lowest BCUT2D eigenvalue weighted by Crippen LogP contribution is -2.46. The van der Waals surface area contributed by atoms with Crippen LogP contribution in [-0.2, 0) is 6.54 Å². The van der Waals surface area contributed by atoms with Crippen molar-refractivity contribution < 1.29 is 14.0 Å². The number of piperidine rings is 1. The topological polar surface area (TPSA) is 61.4 Å². The number of rotatable bonds is 7. The molecule has 2 amide bonds. The van der Waals surface area contributed by atoms with Crippen LogP contribution in [0.1, 0.15) is 51.1 Å². The van der Waals surface area contributed by atoms with E-state index in [0.717, 1.165) is 31.5 Å². The number of hydrogen-bond donors (Lipinski definition) is 2. The number of nitrogens with one attached hydrogen (secondary N) is 2. The molecule has 34 heavy (non-hydrogen) atoms. The highest BCUT2D eigenvalue weighted by atomic mass is 19.1. The Morgan fingerprint density at radius 3 is 2.53 bits per heavy atom. The highest BCUT2D eigenvalue weighted by molar-refractivity contribution is 6.05. The second kappa shape index (κ2) is 11.1. The summed E-state index contributed by atoms with van der Waals surface area (Å²) in [6, 6.07) is 21.7. The van der Waals surface area contributed by atoms with Crippen LogP contribution in [0.5, 0.6) is 0 Å². The number of carbonyl (C=O) groups excluding carboxylic acids is 2. The maximum absolute atomic E-state index is 14.0. The van der Waals surface area contributed by atoms with Gasteiger partial charge in [-0.1, -0.05) is 55.0 Å². The lowest BCUT2D eigenvalue weighted by atomic mass is 10.0. The van der Waals surface area contributed by atoms with E-state index in [2.05, 4.69) is 39.8 Å². The summed E-state index contributed by atoms with van der Waals surface area (Å²) in [5, 5.41) is 5.81. The standard InChI is InChI=1S/C28H30FN3O2/c1-20-14-15-22(17-26(20)31-28(34)24-12-5-6-13-25(24)29)27(33)30-18-23-11-7-8-16-32(23)19-21-9-3-2-4-10-21/h2-6,9-10,12-15,17,23H,7-8,11,16,18-19H2,1H3,(H,30,33)(H,31,34). The first-order valence-corrected chi connectivity index (χ1v) is 11.7. The van der Waals surface area contributed by atoms with Gasteiger partial charge in [0.1, 0.15) is 5.82 Å². The Morgan fingerprint density at radius 1 is 0.971 bits per heavy atom. The van der Waals surface area contributed by atoms with E-state index in [1.54, 1.807) is 24.3 Å². The lowest BCUT2D eigenvalue weighted by molar-refractivity contribution is 0.0907. The van der Waals surface area contributed by atoms with Crippen molar-refractivity contribution in [1.29, 1.82) is 0 Å². The van der Waals surface area contributed by atoms with Crippen molar-refractivity contribution in [3.05, 3.63) is 101 Å². The van der Waals surface area contributed by atoms with Gasteiger partial charge in [-0.15, -0.1) is 0 Å². The van der Waals surface area contributed by atoms with Crippen molar-refractivity contribution >= 4 is 17.5 Å². The van der Waals surface area contributed by atoms with Gasteiger partial charge in [-0.25, -0.2) is 4.39 Å². The van der Waals surface area contributed by atoms with Gasteiger partial charge in [0.05, 0.1) is 5.56 Å². The zero-order valence-corrected chi connectivity index (χ0v) is 19.4. The molecule has 0 aromatic heterocycles. The second-order valence-corrected chi connectivity index (χ2v) is 8.78. The molecule has 3 aromatic carbocycles. The smallest absolute Gasteiger partial charge is 0.258 e. The zero-order valence-electron chi connectivity index (χ0n) is 19.4. The molecular formula is C28H30FN3O2. The van der Waals surface area contributed by atoms with E-state index < -0.39 is 11.7 Å². The van der Waals surface area contributed by atoms with E-state index in [4.69, 9.17) is 0 Å². The third kappa shape index (κ3) is 5.88. The Balaban J connectivity index is 1.40. The molecule has 1 atom stereocenters. The fraction of sp³-hybridized carbons (Fsp3) is 0.286. The molecule has 4 rings (SSSR count). The van der Waals surface area contributed by atoms with Gasteiger partial charge in [-0.05, 0) is 61.7 Å². The maximum Gasteiger partial charge on any atom is 0.258 e. The summed E-state index contributed by atoms with van der Waals surface area (Å²) in [5.74, 6) is -1.32. The Kier molecular flexibility index (Phi) is 7.70. The fourth-order valence-corrected chi connectivity index (χ4v) is 4.36. The van der Waals surface area contributed by atoms with Crippen LogP contribution in [0.25, 0.3) is 0 Å². The minimum absolute atomic E-state index is 0.0347. The monoisotopic (exact) mass is 459 g/mol. The number of nitrogens with zero attached hydrogens (tertiary/aromatic N) is 1. The van der Waals surface area contributed by atoms with Gasteiger partial charge in [0, 0.05) is 30.4 Å². The van der Waals surface area contributed by atoms with E-state index in [1.807, 2.05) is 13.0 Å². The molecule has 0 radical (unpaired) electrons. The molecule has 0 spiro atoms. The molecule has 1 aliphatic heterocycles. The van der Waals surface area contributed by atoms with E-state index >= 15 is 0 Å². The quantitative estimate of drug-likeness (QED) is 0.512. The van der Waals surface area contributed by atoms with Crippen molar-refractivity contribution in [3.8, 4) is 0 Å². The molecule has 6 heteroatoms. The molecule has 1 heterocycles. The number of anilines is 1. The number of carbonyl (C=O) groups is 2. The first-order chi connectivity index (χ1) is 16.5. The van der Waals surface area contributed by atoms with Gasteiger partial charge in [-0.2, -0.15) is 0 Å². The molecule has 0 saturated carbocycles. The van der Waals surface area contributed by atoms with Crippen molar-refractivity contribution in [1.82, 2.24) is 10.2 Å². The normalized spacial score (nSPS) is 16.1. The Hall–Kier alpha value is -3.51. The van der Waals surface area contributed by atoms with Crippen LogP contribution >= 0.6 is 0 Å². The Labute approximate surface area is 200 Å². The van der Waals surface area contributed by atoms with Crippen LogP contribution in [0.3, 0.4) is 0 Å². The van der Waals surface area contributed by atoms with E-state index in [-0.39, 0.29) is 17.5 Å². The Bertz CT molecular complexity index is 1150. The second-order valence-electron chi connectivity index (χ2n) is 8.78. The van der Waals surface area contributed by atoms with Crippen LogP contribution in [0, 0.1) is 12.7 Å². The molecule has 0 aliphatic carbocycles. The third-order valence-corrected chi connectivity index (χ3v) is 6.34. The first kappa shape index (κ1) is 23.6. The average Bonchev–Trinajstić information content (AvgIpc) is 2.85. The van der Waals surface area contributed by atoms with Crippen molar-refractivity contribution in [2.45, 2.75) is 38.8 Å². The number of halogens is 1. The largest absolute Gasteiger partial charge is 0.350 e. The van der Waals surface area contributed by atoms with Crippen molar-refractivity contribution in [2.75, 3.05) is 18.4 Å². The summed E-state index contributed by atoms with van der Waals surface area (Å²) in [6.07, 6.45) is 3.37.